The lowest BCUT2D eigenvalue weighted by Crippen LogP contribution is -2.25. The quantitative estimate of drug-likeness (QED) is 0.328. The number of benzene rings is 3. The first-order valence-corrected chi connectivity index (χ1v) is 13.6. The molecule has 0 saturated heterocycles. The van der Waals surface area contributed by atoms with Gasteiger partial charge in [0.15, 0.2) is 0 Å². The van der Waals surface area contributed by atoms with E-state index in [-0.39, 0.29) is 5.91 Å². The number of hydrogen-bond acceptors (Lipinski definition) is 3. The molecule has 0 aromatic heterocycles. The Labute approximate surface area is 221 Å². The van der Waals surface area contributed by atoms with Crippen LogP contribution in [0.15, 0.2) is 48.5 Å². The van der Waals surface area contributed by atoms with E-state index in [9.17, 15) is 4.79 Å². The summed E-state index contributed by atoms with van der Waals surface area (Å²) in [6.07, 6.45) is 7.64. The molecule has 0 bridgehead atoms. The Balaban J connectivity index is 1.16. The normalized spacial score (nSPS) is 16.7. The van der Waals surface area contributed by atoms with Crippen LogP contribution in [-0.4, -0.2) is 19.1 Å². The third-order valence-electron chi connectivity index (χ3n) is 7.24. The molecule has 1 heterocycles. The Hall–Kier alpha value is -2.69. The fraction of sp³-hybridized carbons (Fsp3) is 0.367. The molecule has 1 amide bonds. The maximum atomic E-state index is 12.7. The van der Waals surface area contributed by atoms with Crippen LogP contribution in [-0.2, 0) is 12.8 Å². The number of carbonyl (C=O) groups is 1. The minimum Gasteiger partial charge on any atom is -0.493 e. The van der Waals surface area contributed by atoms with Gasteiger partial charge in [-0.05, 0) is 116 Å². The maximum Gasteiger partial charge on any atom is 0.251 e. The number of aryl methyl sites for hydroxylation is 1. The van der Waals surface area contributed by atoms with Crippen LogP contribution in [0.3, 0.4) is 0 Å². The molecule has 0 radical (unpaired) electrons. The van der Waals surface area contributed by atoms with Crippen molar-refractivity contribution in [3.8, 4) is 17.2 Å². The van der Waals surface area contributed by atoms with Gasteiger partial charge in [-0.2, -0.15) is 0 Å². The van der Waals surface area contributed by atoms with Gasteiger partial charge in [-0.25, -0.2) is 0 Å². The van der Waals surface area contributed by atoms with E-state index in [1.54, 1.807) is 12.1 Å². The fourth-order valence-electron chi connectivity index (χ4n) is 5.03. The molecular formula is C30H29Cl2NO3. The van der Waals surface area contributed by atoms with E-state index in [1.165, 1.54) is 42.4 Å². The first-order chi connectivity index (χ1) is 17.6. The van der Waals surface area contributed by atoms with Gasteiger partial charge in [-0.3, -0.25) is 4.79 Å². The Bertz CT molecular complexity index is 1300. The number of fused-ring (bicyclic) bond motifs is 1. The molecule has 0 atom stereocenters. The third-order valence-corrected chi connectivity index (χ3v) is 7.83. The van der Waals surface area contributed by atoms with E-state index in [2.05, 4.69) is 11.4 Å². The zero-order valence-corrected chi connectivity index (χ0v) is 21.6. The lowest BCUT2D eigenvalue weighted by Gasteiger charge is -2.25. The number of amides is 1. The highest BCUT2D eigenvalue weighted by Gasteiger charge is 2.38. The number of ether oxygens (including phenoxy) is 2. The molecule has 3 aliphatic rings. The van der Waals surface area contributed by atoms with Gasteiger partial charge in [0, 0.05) is 27.7 Å². The van der Waals surface area contributed by atoms with E-state index < -0.39 is 0 Å². The minimum absolute atomic E-state index is 0.119. The fourth-order valence-corrected chi connectivity index (χ4v) is 5.53. The molecule has 186 valence electrons. The molecule has 1 aliphatic heterocycles. The van der Waals surface area contributed by atoms with Crippen molar-refractivity contribution in [3.63, 3.8) is 0 Å². The van der Waals surface area contributed by atoms with Crippen molar-refractivity contribution >= 4 is 29.1 Å². The Morgan fingerprint density at radius 1 is 1.00 bits per heavy atom. The molecule has 0 unspecified atom stereocenters. The van der Waals surface area contributed by atoms with Crippen LogP contribution < -0.4 is 14.8 Å². The van der Waals surface area contributed by atoms with Crippen LogP contribution in [0.1, 0.15) is 76.6 Å². The minimum atomic E-state index is -0.119. The number of carbonyl (C=O) groups excluding carboxylic acids is 1. The molecule has 3 aromatic carbocycles. The number of rotatable bonds is 8. The smallest absolute Gasteiger partial charge is 0.251 e. The van der Waals surface area contributed by atoms with E-state index in [1.807, 2.05) is 30.3 Å². The summed E-state index contributed by atoms with van der Waals surface area (Å²) in [6, 6.07) is 15.2. The largest absolute Gasteiger partial charge is 0.493 e. The Kier molecular flexibility index (Phi) is 6.57. The summed E-state index contributed by atoms with van der Waals surface area (Å²) in [6.45, 7) is 1.27. The summed E-state index contributed by atoms with van der Waals surface area (Å²) in [5.74, 6) is 3.82. The molecule has 2 fully saturated rings. The van der Waals surface area contributed by atoms with Gasteiger partial charge in [-0.1, -0.05) is 29.3 Å². The SMILES string of the molecule is O=C(NCCc1ccc(Cl)cc1Cl)c1ccc(Oc2c(C3CC3)cc3c(c2C2CC2)OCCC3)cc1. The van der Waals surface area contributed by atoms with Crippen molar-refractivity contribution < 1.29 is 14.3 Å². The van der Waals surface area contributed by atoms with Crippen LogP contribution in [0.4, 0.5) is 0 Å². The summed E-state index contributed by atoms with van der Waals surface area (Å²) in [5, 5.41) is 4.19. The van der Waals surface area contributed by atoms with Gasteiger partial charge in [-0.15, -0.1) is 0 Å². The molecule has 1 N–H and O–H groups in total. The number of hydrogen-bond donors (Lipinski definition) is 1. The topological polar surface area (TPSA) is 47.6 Å². The summed E-state index contributed by atoms with van der Waals surface area (Å²) in [5.41, 5.74) is 5.52. The number of nitrogens with one attached hydrogen (secondary N) is 1. The second-order valence-electron chi connectivity index (χ2n) is 10.1. The van der Waals surface area contributed by atoms with Crippen LogP contribution in [0.25, 0.3) is 0 Å². The van der Waals surface area contributed by atoms with Crippen LogP contribution in [0.5, 0.6) is 17.2 Å². The van der Waals surface area contributed by atoms with Crippen molar-refractivity contribution in [1.29, 1.82) is 0 Å². The molecule has 36 heavy (non-hydrogen) atoms. The lowest BCUT2D eigenvalue weighted by atomic mass is 9.93. The molecule has 0 spiro atoms. The summed E-state index contributed by atoms with van der Waals surface area (Å²) in [4.78, 5) is 12.7. The highest BCUT2D eigenvalue weighted by molar-refractivity contribution is 6.35. The zero-order chi connectivity index (χ0) is 24.6. The molecular weight excluding hydrogens is 493 g/mol. The van der Waals surface area contributed by atoms with Gasteiger partial charge in [0.25, 0.3) is 5.91 Å². The molecule has 4 nitrogen and oxygen atoms in total. The summed E-state index contributed by atoms with van der Waals surface area (Å²) in [7, 11) is 0. The van der Waals surface area contributed by atoms with Crippen molar-refractivity contribution in [2.75, 3.05) is 13.2 Å². The van der Waals surface area contributed by atoms with Crippen molar-refractivity contribution in [3.05, 3.63) is 86.4 Å². The summed E-state index contributed by atoms with van der Waals surface area (Å²) >= 11 is 12.2. The first kappa shape index (κ1) is 23.7. The highest BCUT2D eigenvalue weighted by atomic mass is 35.5. The zero-order valence-electron chi connectivity index (χ0n) is 20.1. The van der Waals surface area contributed by atoms with Crippen molar-refractivity contribution in [2.24, 2.45) is 0 Å². The predicted octanol–water partition coefficient (Wildman–Crippen LogP) is 7.84. The average molecular weight is 522 g/mol. The maximum absolute atomic E-state index is 12.7. The van der Waals surface area contributed by atoms with E-state index in [0.29, 0.717) is 40.4 Å². The second kappa shape index (κ2) is 9.99. The van der Waals surface area contributed by atoms with Gasteiger partial charge >= 0.3 is 0 Å². The van der Waals surface area contributed by atoms with Gasteiger partial charge in [0.2, 0.25) is 0 Å². The number of halogens is 2. The van der Waals surface area contributed by atoms with E-state index >= 15 is 0 Å². The third kappa shape index (κ3) is 5.07. The van der Waals surface area contributed by atoms with Crippen LogP contribution >= 0.6 is 23.2 Å². The van der Waals surface area contributed by atoms with E-state index in [0.717, 1.165) is 42.3 Å². The Morgan fingerprint density at radius 3 is 2.50 bits per heavy atom. The van der Waals surface area contributed by atoms with E-state index in [4.69, 9.17) is 32.7 Å². The van der Waals surface area contributed by atoms with Crippen molar-refractivity contribution in [1.82, 2.24) is 5.32 Å². The van der Waals surface area contributed by atoms with Gasteiger partial charge in [0.05, 0.1) is 6.61 Å². The standard InChI is InChI=1S/C30H29Cl2NO3/c31-23-10-7-19(26(32)17-23)13-14-33-30(34)21-8-11-24(12-9-21)36-29-25(18-3-4-18)16-22-2-1-15-35-28(22)27(29)20-5-6-20/h7-12,16-18,20H,1-6,13-15H2,(H,33,34). The second-order valence-corrected chi connectivity index (χ2v) is 10.9. The monoisotopic (exact) mass is 521 g/mol. The lowest BCUT2D eigenvalue weighted by molar-refractivity contribution is 0.0954. The van der Waals surface area contributed by atoms with Crippen LogP contribution in [0.2, 0.25) is 10.0 Å². The molecule has 6 rings (SSSR count). The molecule has 3 aromatic rings. The summed E-state index contributed by atoms with van der Waals surface area (Å²) < 4.78 is 12.7. The van der Waals surface area contributed by atoms with Crippen LogP contribution in [0, 0.1) is 0 Å². The predicted molar refractivity (Wildman–Crippen MR) is 143 cm³/mol. The Morgan fingerprint density at radius 2 is 1.78 bits per heavy atom. The molecule has 6 heteroatoms. The highest BCUT2D eigenvalue weighted by Crippen LogP contribution is 2.56. The van der Waals surface area contributed by atoms with Crippen molar-refractivity contribution in [2.45, 2.75) is 56.8 Å². The average Bonchev–Trinajstić information content (AvgIpc) is 3.79. The first-order valence-electron chi connectivity index (χ1n) is 12.9. The van der Waals surface area contributed by atoms with Gasteiger partial charge < -0.3 is 14.8 Å². The van der Waals surface area contributed by atoms with Gasteiger partial charge in [0.1, 0.15) is 17.2 Å². The molecule has 2 aliphatic carbocycles. The molecule has 2 saturated carbocycles.